The average Bonchev–Trinajstić information content (AvgIpc) is 2.62. The number of sulfone groups is 1. The van der Waals surface area contributed by atoms with Gasteiger partial charge < -0.3 is 0 Å². The van der Waals surface area contributed by atoms with Crippen molar-refractivity contribution in [3.63, 3.8) is 0 Å². The summed E-state index contributed by atoms with van der Waals surface area (Å²) in [5, 5.41) is 0. The number of unbranched alkanes of at least 4 members (excludes halogenated alkanes) is 2. The normalized spacial score (nSPS) is 13.6. The molecule has 0 saturated carbocycles. The third kappa shape index (κ3) is 5.11. The molecule has 0 bridgehead atoms. The van der Waals surface area contributed by atoms with E-state index in [1.165, 1.54) is 4.40 Å². The number of alkyl halides is 1. The average molecular weight is 440 g/mol. The van der Waals surface area contributed by atoms with Gasteiger partial charge in [0.05, 0.1) is 0 Å². The van der Waals surface area contributed by atoms with Crippen molar-refractivity contribution in [1.29, 1.82) is 0 Å². The van der Waals surface area contributed by atoms with Crippen LogP contribution in [0.4, 0.5) is 0 Å². The van der Waals surface area contributed by atoms with Crippen LogP contribution in [0.1, 0.15) is 25.7 Å². The van der Waals surface area contributed by atoms with E-state index in [4.69, 9.17) is 11.6 Å². The predicted molar refractivity (Wildman–Crippen MR) is 110 cm³/mol. The van der Waals surface area contributed by atoms with Crippen LogP contribution in [0.3, 0.4) is 0 Å². The molecule has 0 radical (unpaired) electrons. The molecule has 25 heavy (non-hydrogen) atoms. The van der Waals surface area contributed by atoms with Crippen molar-refractivity contribution < 1.29 is 8.42 Å². The van der Waals surface area contributed by atoms with Crippen molar-refractivity contribution >= 4 is 39.1 Å². The number of benzene rings is 2. The first kappa shape index (κ1) is 20.5. The minimum atomic E-state index is -3.34. The fourth-order valence-electron chi connectivity index (χ4n) is 3.33. The van der Waals surface area contributed by atoms with Gasteiger partial charge in [0, 0.05) is 0 Å². The van der Waals surface area contributed by atoms with Gasteiger partial charge in [0.2, 0.25) is 0 Å². The summed E-state index contributed by atoms with van der Waals surface area (Å²) in [5.41, 5.74) is 0. The monoisotopic (exact) mass is 440 g/mol. The van der Waals surface area contributed by atoms with Gasteiger partial charge >= 0.3 is 160 Å². The Kier molecular flexibility index (Phi) is 7.59. The third-order valence-electron chi connectivity index (χ3n) is 4.87. The summed E-state index contributed by atoms with van der Waals surface area (Å²) in [5.74, 6) is 5.09. The molecule has 2 aromatic carbocycles. The zero-order valence-corrected chi connectivity index (χ0v) is 18.7. The van der Waals surface area contributed by atoms with Crippen molar-refractivity contribution in [1.82, 2.24) is 0 Å². The van der Waals surface area contributed by atoms with Crippen molar-refractivity contribution in [3.05, 3.63) is 60.7 Å². The Bertz CT molecular complexity index is 746. The van der Waals surface area contributed by atoms with Gasteiger partial charge in [-0.15, -0.1) is 0 Å². The van der Waals surface area contributed by atoms with E-state index < -0.39 is 23.1 Å². The van der Waals surface area contributed by atoms with E-state index in [1.54, 1.807) is 24.3 Å². The molecule has 1 unspecified atom stereocenters. The van der Waals surface area contributed by atoms with Crippen molar-refractivity contribution in [2.75, 3.05) is 5.88 Å². The molecule has 0 N–H and O–H groups in total. The Labute approximate surface area is 159 Å². The van der Waals surface area contributed by atoms with Crippen LogP contribution < -0.4 is 4.40 Å². The molecular formula is C20H27ClGeO2S. The molecule has 0 aliphatic rings. The van der Waals surface area contributed by atoms with Gasteiger partial charge in [0.25, 0.3) is 0 Å². The summed E-state index contributed by atoms with van der Waals surface area (Å²) in [4.78, 5) is 0.451. The first-order chi connectivity index (χ1) is 11.9. The SMILES string of the molecule is [CH3][Ge]([CH3])([c]1ccccc1)[CH](CCCCCCl)S(=O)(=O)c1ccccc1. The first-order valence-corrected chi connectivity index (χ1v) is 17.3. The summed E-state index contributed by atoms with van der Waals surface area (Å²) in [6.07, 6.45) is 3.55. The van der Waals surface area contributed by atoms with Crippen molar-refractivity contribution in [3.8, 4) is 0 Å². The summed E-state index contributed by atoms with van der Waals surface area (Å²) in [7, 11) is -3.34. The molecular weight excluding hydrogens is 412 g/mol. The van der Waals surface area contributed by atoms with Crippen LogP contribution in [0, 0.1) is 0 Å². The van der Waals surface area contributed by atoms with E-state index in [1.807, 2.05) is 24.3 Å². The molecule has 0 heterocycles. The molecule has 5 heteroatoms. The molecule has 0 aliphatic carbocycles. The molecule has 2 nitrogen and oxygen atoms in total. The molecule has 0 amide bonds. The molecule has 1 atom stereocenters. The van der Waals surface area contributed by atoms with E-state index in [2.05, 4.69) is 23.6 Å². The van der Waals surface area contributed by atoms with Crippen LogP contribution in [-0.2, 0) is 9.84 Å². The Balaban J connectivity index is 2.39. The Morgan fingerprint density at radius 1 is 0.880 bits per heavy atom. The Morgan fingerprint density at radius 3 is 2.00 bits per heavy atom. The Hall–Kier alpha value is -0.777. The van der Waals surface area contributed by atoms with Gasteiger partial charge in [-0.3, -0.25) is 0 Å². The van der Waals surface area contributed by atoms with E-state index in [0.717, 1.165) is 25.7 Å². The van der Waals surface area contributed by atoms with Gasteiger partial charge in [-0.25, -0.2) is 0 Å². The van der Waals surface area contributed by atoms with E-state index in [0.29, 0.717) is 10.8 Å². The summed E-state index contributed by atoms with van der Waals surface area (Å²) in [6.45, 7) is 0. The van der Waals surface area contributed by atoms with Crippen LogP contribution in [-0.4, -0.2) is 31.6 Å². The van der Waals surface area contributed by atoms with Gasteiger partial charge in [-0.2, -0.15) is 0 Å². The molecule has 0 aromatic heterocycles. The summed E-state index contributed by atoms with van der Waals surface area (Å²) in [6, 6.07) is 19.2. The predicted octanol–water partition coefficient (Wildman–Crippen LogP) is 4.78. The number of halogens is 1. The van der Waals surface area contributed by atoms with Gasteiger partial charge in [-0.05, 0) is 0 Å². The van der Waals surface area contributed by atoms with Crippen LogP contribution >= 0.6 is 11.6 Å². The number of hydrogen-bond acceptors (Lipinski definition) is 2. The third-order valence-corrected chi connectivity index (χ3v) is 19.9. The zero-order valence-electron chi connectivity index (χ0n) is 15.0. The fraction of sp³-hybridized carbons (Fsp3) is 0.400. The van der Waals surface area contributed by atoms with Crippen LogP contribution in [0.25, 0.3) is 0 Å². The molecule has 0 aliphatic heterocycles. The maximum atomic E-state index is 13.4. The molecule has 2 rings (SSSR count). The van der Waals surface area contributed by atoms with Gasteiger partial charge in [0.1, 0.15) is 0 Å². The minimum absolute atomic E-state index is 0.285. The van der Waals surface area contributed by atoms with E-state index in [-0.39, 0.29) is 4.08 Å². The fourth-order valence-corrected chi connectivity index (χ4v) is 17.0. The maximum absolute atomic E-state index is 13.4. The second kappa shape index (κ2) is 9.24. The van der Waals surface area contributed by atoms with Crippen molar-refractivity contribution in [2.45, 2.75) is 46.2 Å². The summed E-state index contributed by atoms with van der Waals surface area (Å²) < 4.78 is 27.8. The quantitative estimate of drug-likeness (QED) is 0.320. The zero-order chi connectivity index (χ0) is 18.3. The van der Waals surface area contributed by atoms with Crippen LogP contribution in [0.5, 0.6) is 0 Å². The first-order valence-electron chi connectivity index (χ1n) is 8.81. The second-order valence-corrected chi connectivity index (χ2v) is 20.3. The van der Waals surface area contributed by atoms with E-state index >= 15 is 0 Å². The number of hydrogen-bond donors (Lipinski definition) is 0. The topological polar surface area (TPSA) is 34.1 Å². The van der Waals surface area contributed by atoms with Gasteiger partial charge in [0.15, 0.2) is 0 Å². The Morgan fingerprint density at radius 2 is 1.44 bits per heavy atom. The van der Waals surface area contributed by atoms with Crippen molar-refractivity contribution in [2.24, 2.45) is 0 Å². The molecule has 0 saturated heterocycles. The van der Waals surface area contributed by atoms with E-state index in [9.17, 15) is 8.42 Å². The van der Waals surface area contributed by atoms with Crippen LogP contribution in [0.15, 0.2) is 65.6 Å². The van der Waals surface area contributed by atoms with Gasteiger partial charge in [-0.1, -0.05) is 0 Å². The second-order valence-electron chi connectivity index (χ2n) is 6.97. The molecule has 136 valence electrons. The molecule has 2 aromatic rings. The summed E-state index contributed by atoms with van der Waals surface area (Å²) >= 11 is 2.97. The van der Waals surface area contributed by atoms with Crippen LogP contribution in [0.2, 0.25) is 11.5 Å². The molecule has 0 spiro atoms. The standard InChI is InChI=1S/C20H27ClGeO2S/c1-22(2,18-12-6-3-7-13-18)20(16-10-5-11-17-21)25(23,24)19-14-8-4-9-15-19/h3-4,6-9,12-15,20H,5,10-11,16-17H2,1-2H3. The molecule has 0 fully saturated rings. The number of rotatable bonds is 9.